The van der Waals surface area contributed by atoms with Crippen LogP contribution in [-0.4, -0.2) is 11.8 Å². The summed E-state index contributed by atoms with van der Waals surface area (Å²) in [5.41, 5.74) is 1.79. The smallest absolute Gasteiger partial charge is 0.259 e. The summed E-state index contributed by atoms with van der Waals surface area (Å²) in [6.07, 6.45) is 5.96. The summed E-state index contributed by atoms with van der Waals surface area (Å²) in [6, 6.07) is 5.32. The van der Waals surface area contributed by atoms with Crippen molar-refractivity contribution in [1.82, 2.24) is 5.32 Å². The standard InChI is InChI=1S/C13H13NO2/c1-2-3-4-6-9-7-5-8-10-11(9)13(16)14-12(10)15/h4-8H,2-3H2,1H3,(H,14,15,16). The van der Waals surface area contributed by atoms with E-state index in [2.05, 4.69) is 12.2 Å². The highest BCUT2D eigenvalue weighted by Crippen LogP contribution is 2.21. The first-order valence-corrected chi connectivity index (χ1v) is 5.39. The highest BCUT2D eigenvalue weighted by molar-refractivity contribution is 6.22. The number of amides is 2. The van der Waals surface area contributed by atoms with Crippen molar-refractivity contribution in [1.29, 1.82) is 0 Å². The fourth-order valence-corrected chi connectivity index (χ4v) is 1.76. The number of benzene rings is 1. The molecule has 1 aromatic rings. The molecule has 1 aliphatic rings. The second-order valence-electron chi connectivity index (χ2n) is 3.74. The predicted octanol–water partition coefficient (Wildman–Crippen LogP) is 2.38. The summed E-state index contributed by atoms with van der Waals surface area (Å²) in [6.45, 7) is 2.09. The molecule has 0 atom stereocenters. The number of carbonyl (C=O) groups excluding carboxylic acids is 2. The third kappa shape index (κ3) is 1.76. The first-order valence-electron chi connectivity index (χ1n) is 5.39. The van der Waals surface area contributed by atoms with Gasteiger partial charge in [0.15, 0.2) is 0 Å². The first-order chi connectivity index (χ1) is 7.74. The van der Waals surface area contributed by atoms with Crippen LogP contribution in [0.2, 0.25) is 0 Å². The largest absolute Gasteiger partial charge is 0.288 e. The molecule has 0 saturated heterocycles. The second kappa shape index (κ2) is 4.31. The van der Waals surface area contributed by atoms with Gasteiger partial charge in [0.25, 0.3) is 11.8 Å². The van der Waals surface area contributed by atoms with Gasteiger partial charge in [0.1, 0.15) is 0 Å². The maximum atomic E-state index is 11.6. The van der Waals surface area contributed by atoms with Crippen LogP contribution >= 0.6 is 0 Å². The van der Waals surface area contributed by atoms with Crippen LogP contribution in [0.15, 0.2) is 24.3 Å². The van der Waals surface area contributed by atoms with E-state index in [0.29, 0.717) is 11.1 Å². The summed E-state index contributed by atoms with van der Waals surface area (Å²) < 4.78 is 0. The van der Waals surface area contributed by atoms with Crippen LogP contribution in [0.5, 0.6) is 0 Å². The lowest BCUT2D eigenvalue weighted by atomic mass is 10.0. The number of carbonyl (C=O) groups is 2. The van der Waals surface area contributed by atoms with E-state index in [1.54, 1.807) is 12.1 Å². The minimum atomic E-state index is -0.300. The number of unbranched alkanes of at least 4 members (excludes halogenated alkanes) is 1. The molecule has 1 aromatic carbocycles. The molecule has 1 N–H and O–H groups in total. The van der Waals surface area contributed by atoms with Crippen molar-refractivity contribution in [2.24, 2.45) is 0 Å². The van der Waals surface area contributed by atoms with Crippen LogP contribution in [0, 0.1) is 0 Å². The third-order valence-corrected chi connectivity index (χ3v) is 2.55. The number of hydrogen-bond acceptors (Lipinski definition) is 2. The zero-order chi connectivity index (χ0) is 11.5. The Bertz CT molecular complexity index is 475. The summed E-state index contributed by atoms with van der Waals surface area (Å²) in [4.78, 5) is 23.0. The van der Waals surface area contributed by atoms with Crippen LogP contribution in [0.3, 0.4) is 0 Å². The topological polar surface area (TPSA) is 46.2 Å². The lowest BCUT2D eigenvalue weighted by Crippen LogP contribution is -2.20. The van der Waals surface area contributed by atoms with Gasteiger partial charge in [-0.2, -0.15) is 0 Å². The van der Waals surface area contributed by atoms with E-state index >= 15 is 0 Å². The molecule has 1 heterocycles. The number of hydrogen-bond donors (Lipinski definition) is 1. The fraction of sp³-hybridized carbons (Fsp3) is 0.231. The van der Waals surface area contributed by atoms with E-state index in [9.17, 15) is 9.59 Å². The minimum absolute atomic E-state index is 0.295. The van der Waals surface area contributed by atoms with Gasteiger partial charge in [-0.3, -0.25) is 14.9 Å². The van der Waals surface area contributed by atoms with Crippen LogP contribution in [0.4, 0.5) is 0 Å². The predicted molar refractivity (Wildman–Crippen MR) is 62.2 cm³/mol. The Hall–Kier alpha value is -1.90. The maximum absolute atomic E-state index is 11.6. The lowest BCUT2D eigenvalue weighted by molar-refractivity contribution is 0.0879. The zero-order valence-electron chi connectivity index (χ0n) is 9.12. The van der Waals surface area contributed by atoms with E-state index in [4.69, 9.17) is 0 Å². The van der Waals surface area contributed by atoms with Gasteiger partial charge in [0, 0.05) is 0 Å². The molecule has 3 nitrogen and oxygen atoms in total. The van der Waals surface area contributed by atoms with Crippen LogP contribution in [-0.2, 0) is 0 Å². The Morgan fingerprint density at radius 2 is 2.06 bits per heavy atom. The summed E-state index contributed by atoms with van der Waals surface area (Å²) >= 11 is 0. The van der Waals surface area contributed by atoms with Crippen LogP contribution in [0.1, 0.15) is 46.0 Å². The quantitative estimate of drug-likeness (QED) is 0.787. The molecule has 82 valence electrons. The minimum Gasteiger partial charge on any atom is -0.288 e. The van der Waals surface area contributed by atoms with Crippen molar-refractivity contribution in [3.8, 4) is 0 Å². The van der Waals surface area contributed by atoms with Crippen molar-refractivity contribution < 1.29 is 9.59 Å². The molecule has 0 aliphatic carbocycles. The van der Waals surface area contributed by atoms with Crippen molar-refractivity contribution in [3.05, 3.63) is 41.0 Å². The van der Waals surface area contributed by atoms with Crippen LogP contribution in [0.25, 0.3) is 6.08 Å². The Morgan fingerprint density at radius 1 is 1.25 bits per heavy atom. The highest BCUT2D eigenvalue weighted by Gasteiger charge is 2.28. The molecule has 0 unspecified atom stereocenters. The number of nitrogens with one attached hydrogen (secondary N) is 1. The van der Waals surface area contributed by atoms with Gasteiger partial charge in [0.05, 0.1) is 11.1 Å². The van der Waals surface area contributed by atoms with E-state index in [0.717, 1.165) is 18.4 Å². The zero-order valence-corrected chi connectivity index (χ0v) is 9.12. The van der Waals surface area contributed by atoms with Crippen molar-refractivity contribution in [2.75, 3.05) is 0 Å². The number of rotatable bonds is 3. The molecule has 0 spiro atoms. The molecule has 0 saturated carbocycles. The van der Waals surface area contributed by atoms with E-state index in [1.165, 1.54) is 0 Å². The monoisotopic (exact) mass is 215 g/mol. The van der Waals surface area contributed by atoms with Crippen molar-refractivity contribution in [3.63, 3.8) is 0 Å². The van der Waals surface area contributed by atoms with Crippen LogP contribution < -0.4 is 5.32 Å². The van der Waals surface area contributed by atoms with Gasteiger partial charge < -0.3 is 0 Å². The van der Waals surface area contributed by atoms with E-state index in [-0.39, 0.29) is 11.8 Å². The van der Waals surface area contributed by atoms with Gasteiger partial charge in [-0.25, -0.2) is 0 Å². The highest BCUT2D eigenvalue weighted by atomic mass is 16.2. The summed E-state index contributed by atoms with van der Waals surface area (Å²) in [5, 5.41) is 2.30. The molecule has 16 heavy (non-hydrogen) atoms. The summed E-state index contributed by atoms with van der Waals surface area (Å²) in [5.74, 6) is -0.595. The molecule has 0 fully saturated rings. The molecule has 2 rings (SSSR count). The Morgan fingerprint density at radius 3 is 2.81 bits per heavy atom. The fourth-order valence-electron chi connectivity index (χ4n) is 1.76. The average Bonchev–Trinajstić information content (AvgIpc) is 2.56. The first kappa shape index (κ1) is 10.6. The summed E-state index contributed by atoms with van der Waals surface area (Å²) in [7, 11) is 0. The molecule has 3 heteroatoms. The Balaban J connectivity index is 2.41. The van der Waals surface area contributed by atoms with Gasteiger partial charge in [-0.05, 0) is 18.1 Å². The van der Waals surface area contributed by atoms with Gasteiger partial charge in [-0.15, -0.1) is 0 Å². The van der Waals surface area contributed by atoms with Crippen molar-refractivity contribution in [2.45, 2.75) is 19.8 Å². The van der Waals surface area contributed by atoms with E-state index < -0.39 is 0 Å². The number of fused-ring (bicyclic) bond motifs is 1. The number of allylic oxidation sites excluding steroid dienone is 1. The molecular formula is C13H13NO2. The lowest BCUT2D eigenvalue weighted by Gasteiger charge is -1.99. The van der Waals surface area contributed by atoms with Gasteiger partial charge in [0.2, 0.25) is 0 Å². The SMILES string of the molecule is CCCC=Cc1cccc2c1C(=O)NC2=O. The van der Waals surface area contributed by atoms with E-state index in [1.807, 2.05) is 18.2 Å². The van der Waals surface area contributed by atoms with Gasteiger partial charge >= 0.3 is 0 Å². The molecule has 0 bridgehead atoms. The molecule has 0 radical (unpaired) electrons. The maximum Gasteiger partial charge on any atom is 0.259 e. The second-order valence-corrected chi connectivity index (χ2v) is 3.74. The number of imide groups is 1. The Kier molecular flexibility index (Phi) is 2.86. The molecule has 1 aliphatic heterocycles. The molecular weight excluding hydrogens is 202 g/mol. The van der Waals surface area contributed by atoms with Crippen molar-refractivity contribution >= 4 is 17.9 Å². The normalized spacial score (nSPS) is 14.3. The molecule has 0 aromatic heterocycles. The average molecular weight is 215 g/mol. The Labute approximate surface area is 94.2 Å². The molecule has 2 amide bonds. The van der Waals surface area contributed by atoms with Gasteiger partial charge in [-0.1, -0.05) is 37.6 Å². The third-order valence-electron chi connectivity index (χ3n) is 2.55.